The fourth-order valence-electron chi connectivity index (χ4n) is 4.78. The van der Waals surface area contributed by atoms with Crippen LogP contribution in [-0.4, -0.2) is 4.98 Å². The molecule has 0 N–H and O–H groups in total. The standard InChI is InChI=1S/C35H22F9NO/c1-2-3-4-5-19-6-11-32(45-18-19)20-7-9-24(26(36)12-20)21-13-28(38)33(29(39)14-21)35(43,44)46-23-8-10-25(27(37)17-23)22-15-30(40)34(42)31(41)16-22/h2-3,6-18H,4-5H2,1H3. The van der Waals surface area contributed by atoms with Crippen molar-refractivity contribution in [2.24, 2.45) is 0 Å². The third-order valence-electron chi connectivity index (χ3n) is 7.05. The van der Waals surface area contributed by atoms with Crippen molar-refractivity contribution in [3.8, 4) is 39.3 Å². The molecule has 0 aliphatic carbocycles. The van der Waals surface area contributed by atoms with Crippen molar-refractivity contribution in [1.29, 1.82) is 0 Å². The van der Waals surface area contributed by atoms with Crippen LogP contribution in [-0.2, 0) is 12.5 Å². The monoisotopic (exact) mass is 643 g/mol. The number of benzene rings is 4. The van der Waals surface area contributed by atoms with Gasteiger partial charge in [0.15, 0.2) is 17.5 Å². The molecule has 0 aliphatic heterocycles. The molecule has 0 spiro atoms. The molecule has 11 heteroatoms. The molecular formula is C35H22F9NO. The van der Waals surface area contributed by atoms with Crippen molar-refractivity contribution in [1.82, 2.24) is 4.98 Å². The van der Waals surface area contributed by atoms with Gasteiger partial charge in [-0.1, -0.05) is 30.4 Å². The average molecular weight is 644 g/mol. The minimum Gasteiger partial charge on any atom is -0.429 e. The fourth-order valence-corrected chi connectivity index (χ4v) is 4.78. The maximum absolute atomic E-state index is 15.1. The summed E-state index contributed by atoms with van der Waals surface area (Å²) in [6.07, 6.45) is 2.54. The molecule has 0 amide bonds. The van der Waals surface area contributed by atoms with Crippen LogP contribution in [0.4, 0.5) is 39.5 Å². The third kappa shape index (κ3) is 6.78. The highest BCUT2D eigenvalue weighted by Crippen LogP contribution is 2.39. The van der Waals surface area contributed by atoms with Crippen molar-refractivity contribution >= 4 is 0 Å². The van der Waals surface area contributed by atoms with E-state index >= 15 is 4.39 Å². The first-order valence-corrected chi connectivity index (χ1v) is 13.7. The van der Waals surface area contributed by atoms with Crippen LogP contribution in [0.1, 0.15) is 24.5 Å². The number of halogens is 9. The van der Waals surface area contributed by atoms with Crippen LogP contribution >= 0.6 is 0 Å². The lowest BCUT2D eigenvalue weighted by Crippen LogP contribution is -2.25. The lowest BCUT2D eigenvalue weighted by atomic mass is 9.99. The number of rotatable bonds is 9. The Hall–Kier alpha value is -5.06. The van der Waals surface area contributed by atoms with Crippen LogP contribution in [0.25, 0.3) is 33.5 Å². The van der Waals surface area contributed by atoms with Gasteiger partial charge in [-0.25, -0.2) is 30.7 Å². The predicted octanol–water partition coefficient (Wildman–Crippen LogP) is 10.7. The van der Waals surface area contributed by atoms with E-state index in [1.54, 1.807) is 12.3 Å². The number of allylic oxidation sites excluding steroid dienone is 2. The van der Waals surface area contributed by atoms with E-state index in [4.69, 9.17) is 0 Å². The first-order valence-electron chi connectivity index (χ1n) is 13.7. The summed E-state index contributed by atoms with van der Waals surface area (Å²) < 4.78 is 134. The Balaban J connectivity index is 1.37. The zero-order chi connectivity index (χ0) is 33.2. The molecule has 0 saturated heterocycles. The van der Waals surface area contributed by atoms with E-state index < -0.39 is 69.3 Å². The second-order valence-electron chi connectivity index (χ2n) is 10.2. The lowest BCUT2D eigenvalue weighted by Gasteiger charge is -2.20. The first-order chi connectivity index (χ1) is 21.9. The van der Waals surface area contributed by atoms with Gasteiger partial charge in [-0.05, 0) is 85.0 Å². The van der Waals surface area contributed by atoms with Gasteiger partial charge in [0.1, 0.15) is 34.6 Å². The molecule has 0 unspecified atom stereocenters. The number of aromatic nitrogens is 1. The predicted molar refractivity (Wildman–Crippen MR) is 154 cm³/mol. The van der Waals surface area contributed by atoms with Gasteiger partial charge < -0.3 is 4.74 Å². The van der Waals surface area contributed by atoms with E-state index in [2.05, 4.69) is 9.72 Å². The van der Waals surface area contributed by atoms with Gasteiger partial charge in [0, 0.05) is 29.0 Å². The fraction of sp³-hybridized carbons (Fsp3) is 0.114. The highest BCUT2D eigenvalue weighted by molar-refractivity contribution is 5.70. The topological polar surface area (TPSA) is 22.1 Å². The van der Waals surface area contributed by atoms with Crippen LogP contribution in [0.3, 0.4) is 0 Å². The van der Waals surface area contributed by atoms with E-state index in [0.717, 1.165) is 36.6 Å². The number of nitrogens with zero attached hydrogens (tertiary/aromatic N) is 1. The van der Waals surface area contributed by atoms with Crippen LogP contribution < -0.4 is 4.74 Å². The molecule has 0 saturated carbocycles. The van der Waals surface area contributed by atoms with E-state index in [1.165, 1.54) is 12.1 Å². The molecule has 0 atom stereocenters. The SMILES string of the molecule is CC=CCCc1ccc(-c2ccc(-c3cc(F)c(C(F)(F)Oc4ccc(-c5cc(F)c(F)c(F)c5)c(F)c4)c(F)c3)c(F)c2)nc1. The van der Waals surface area contributed by atoms with Crippen LogP contribution in [0.5, 0.6) is 5.75 Å². The Morgan fingerprint density at radius 1 is 0.652 bits per heavy atom. The highest BCUT2D eigenvalue weighted by Gasteiger charge is 2.41. The Morgan fingerprint density at radius 3 is 1.76 bits per heavy atom. The second-order valence-corrected chi connectivity index (χ2v) is 10.2. The number of hydrogen-bond donors (Lipinski definition) is 0. The Kier molecular flexibility index (Phi) is 9.22. The number of hydrogen-bond acceptors (Lipinski definition) is 2. The van der Waals surface area contributed by atoms with E-state index in [-0.39, 0.29) is 11.1 Å². The number of aryl methyl sites for hydroxylation is 1. The minimum atomic E-state index is -4.68. The summed E-state index contributed by atoms with van der Waals surface area (Å²) >= 11 is 0. The summed E-state index contributed by atoms with van der Waals surface area (Å²) in [6.45, 7) is 1.92. The molecule has 2 nitrogen and oxygen atoms in total. The Labute approximate surface area is 257 Å². The second kappa shape index (κ2) is 13.1. The molecule has 5 rings (SSSR count). The minimum absolute atomic E-state index is 0.272. The van der Waals surface area contributed by atoms with Crippen LogP contribution in [0, 0.1) is 40.7 Å². The summed E-state index contributed by atoms with van der Waals surface area (Å²) in [6, 6.07) is 11.3. The quantitative estimate of drug-likeness (QED) is 0.0906. The van der Waals surface area contributed by atoms with Crippen molar-refractivity contribution in [2.75, 3.05) is 0 Å². The third-order valence-corrected chi connectivity index (χ3v) is 7.05. The van der Waals surface area contributed by atoms with Crippen molar-refractivity contribution in [3.05, 3.63) is 143 Å². The van der Waals surface area contributed by atoms with Crippen molar-refractivity contribution in [3.63, 3.8) is 0 Å². The largest absolute Gasteiger partial charge is 0.432 e. The van der Waals surface area contributed by atoms with Crippen molar-refractivity contribution < 1.29 is 44.3 Å². The number of alkyl halides is 2. The molecule has 0 aliphatic rings. The zero-order valence-electron chi connectivity index (χ0n) is 23.8. The van der Waals surface area contributed by atoms with E-state index in [0.29, 0.717) is 41.6 Å². The molecule has 0 fully saturated rings. The van der Waals surface area contributed by atoms with Gasteiger partial charge in [0.2, 0.25) is 0 Å². The first kappa shape index (κ1) is 32.3. The Bertz CT molecular complexity index is 1890. The maximum Gasteiger partial charge on any atom is 0.432 e. The van der Waals surface area contributed by atoms with Gasteiger partial charge >= 0.3 is 6.11 Å². The molecule has 0 bridgehead atoms. The summed E-state index contributed by atoms with van der Waals surface area (Å²) in [5.41, 5.74) is -1.59. The van der Waals surface area contributed by atoms with Crippen molar-refractivity contribution in [2.45, 2.75) is 25.9 Å². The molecule has 5 aromatic rings. The highest BCUT2D eigenvalue weighted by atomic mass is 19.3. The van der Waals surface area contributed by atoms with Gasteiger partial charge in [-0.3, -0.25) is 4.98 Å². The lowest BCUT2D eigenvalue weighted by molar-refractivity contribution is -0.189. The molecule has 0 radical (unpaired) electrons. The zero-order valence-corrected chi connectivity index (χ0v) is 23.8. The molecule has 1 heterocycles. The normalized spacial score (nSPS) is 11.8. The van der Waals surface area contributed by atoms with E-state index in [1.807, 2.05) is 25.1 Å². The molecular weight excluding hydrogens is 621 g/mol. The average Bonchev–Trinajstić information content (AvgIpc) is 2.99. The molecule has 1 aromatic heterocycles. The Morgan fingerprint density at radius 2 is 1.22 bits per heavy atom. The summed E-state index contributed by atoms with van der Waals surface area (Å²) in [7, 11) is 0. The molecule has 236 valence electrons. The molecule has 46 heavy (non-hydrogen) atoms. The smallest absolute Gasteiger partial charge is 0.429 e. The summed E-state index contributed by atoms with van der Waals surface area (Å²) in [5.74, 6) is -11.6. The van der Waals surface area contributed by atoms with Gasteiger partial charge in [0.05, 0.1) is 5.69 Å². The van der Waals surface area contributed by atoms with E-state index in [9.17, 15) is 35.1 Å². The van der Waals surface area contributed by atoms with Gasteiger partial charge in [0.25, 0.3) is 0 Å². The summed E-state index contributed by atoms with van der Waals surface area (Å²) in [5, 5.41) is 0. The number of pyridine rings is 1. The summed E-state index contributed by atoms with van der Waals surface area (Å²) in [4.78, 5) is 4.33. The maximum atomic E-state index is 15.1. The van der Waals surface area contributed by atoms with Gasteiger partial charge in [-0.2, -0.15) is 8.78 Å². The number of ether oxygens (including phenoxy) is 1. The van der Waals surface area contributed by atoms with Crippen LogP contribution in [0.15, 0.2) is 91.1 Å². The molecule has 4 aromatic carbocycles. The van der Waals surface area contributed by atoms with Gasteiger partial charge in [-0.15, -0.1) is 0 Å². The van der Waals surface area contributed by atoms with Crippen LogP contribution in [0.2, 0.25) is 0 Å².